The molecule has 0 spiro atoms. The monoisotopic (exact) mass is 351 g/mol. The standard InChI is InChI=1S/C20H25N5O/c1-23(15-17-8-3-5-10-21-17)11-7-12-24(2)20(26)14-18-16-25-13-6-4-9-19(25)22-18/h3-6,8-10,13,16H,7,11-12,14-15H2,1-2H3. The highest BCUT2D eigenvalue weighted by Crippen LogP contribution is 2.07. The van der Waals surface area contributed by atoms with E-state index in [4.69, 9.17) is 0 Å². The van der Waals surface area contributed by atoms with Crippen LogP contribution in [0.15, 0.2) is 55.0 Å². The van der Waals surface area contributed by atoms with Gasteiger partial charge in [-0.15, -0.1) is 0 Å². The molecule has 0 aliphatic heterocycles. The maximum atomic E-state index is 12.4. The number of carbonyl (C=O) groups excluding carboxylic acids is 1. The fraction of sp³-hybridized carbons (Fsp3) is 0.350. The molecule has 0 saturated carbocycles. The largest absolute Gasteiger partial charge is 0.345 e. The number of hydrogen-bond donors (Lipinski definition) is 0. The highest BCUT2D eigenvalue weighted by molar-refractivity contribution is 5.78. The van der Waals surface area contributed by atoms with Crippen molar-refractivity contribution in [3.8, 4) is 0 Å². The minimum atomic E-state index is 0.0979. The van der Waals surface area contributed by atoms with Crippen LogP contribution in [-0.4, -0.2) is 57.3 Å². The molecule has 0 aliphatic carbocycles. The van der Waals surface area contributed by atoms with Gasteiger partial charge in [-0.1, -0.05) is 12.1 Å². The van der Waals surface area contributed by atoms with Crippen molar-refractivity contribution in [1.82, 2.24) is 24.2 Å². The van der Waals surface area contributed by atoms with E-state index in [0.717, 1.165) is 43.1 Å². The molecule has 0 aliphatic rings. The zero-order valence-electron chi connectivity index (χ0n) is 15.4. The van der Waals surface area contributed by atoms with Gasteiger partial charge >= 0.3 is 0 Å². The Labute approximate surface area is 154 Å². The summed E-state index contributed by atoms with van der Waals surface area (Å²) in [6, 6.07) is 11.8. The van der Waals surface area contributed by atoms with Crippen LogP contribution in [0.5, 0.6) is 0 Å². The van der Waals surface area contributed by atoms with E-state index in [9.17, 15) is 4.79 Å². The zero-order chi connectivity index (χ0) is 18.4. The van der Waals surface area contributed by atoms with E-state index in [1.807, 2.05) is 66.4 Å². The maximum absolute atomic E-state index is 12.4. The molecule has 26 heavy (non-hydrogen) atoms. The van der Waals surface area contributed by atoms with Crippen LogP contribution >= 0.6 is 0 Å². The molecule has 6 heteroatoms. The predicted molar refractivity (Wildman–Crippen MR) is 102 cm³/mol. The SMILES string of the molecule is CN(CCCN(C)C(=O)Cc1cn2ccccc2n1)Cc1ccccn1. The van der Waals surface area contributed by atoms with Gasteiger partial charge < -0.3 is 14.2 Å². The molecular formula is C20H25N5O. The predicted octanol–water partition coefficient (Wildman–Crippen LogP) is 2.25. The van der Waals surface area contributed by atoms with Crippen molar-refractivity contribution in [3.63, 3.8) is 0 Å². The third-order valence-corrected chi connectivity index (χ3v) is 4.36. The lowest BCUT2D eigenvalue weighted by Gasteiger charge is -2.20. The summed E-state index contributed by atoms with van der Waals surface area (Å²) in [5, 5.41) is 0. The second-order valence-electron chi connectivity index (χ2n) is 6.60. The third kappa shape index (κ3) is 4.89. The van der Waals surface area contributed by atoms with Crippen molar-refractivity contribution < 1.29 is 4.79 Å². The Morgan fingerprint density at radius 1 is 1.08 bits per heavy atom. The van der Waals surface area contributed by atoms with Gasteiger partial charge in [-0.25, -0.2) is 4.98 Å². The lowest BCUT2D eigenvalue weighted by Crippen LogP contribution is -2.31. The Hall–Kier alpha value is -2.73. The van der Waals surface area contributed by atoms with Crippen molar-refractivity contribution in [1.29, 1.82) is 0 Å². The molecule has 0 aromatic carbocycles. The van der Waals surface area contributed by atoms with Gasteiger partial charge in [-0.05, 0) is 44.3 Å². The average molecular weight is 351 g/mol. The van der Waals surface area contributed by atoms with Crippen LogP contribution in [0, 0.1) is 0 Å². The molecule has 3 rings (SSSR count). The van der Waals surface area contributed by atoms with Crippen molar-refractivity contribution in [2.75, 3.05) is 27.2 Å². The minimum absolute atomic E-state index is 0.0979. The van der Waals surface area contributed by atoms with E-state index < -0.39 is 0 Å². The van der Waals surface area contributed by atoms with E-state index in [1.54, 1.807) is 4.90 Å². The maximum Gasteiger partial charge on any atom is 0.228 e. The molecule has 0 bridgehead atoms. The number of imidazole rings is 1. The van der Waals surface area contributed by atoms with Gasteiger partial charge in [0, 0.05) is 38.7 Å². The molecule has 0 unspecified atom stereocenters. The number of nitrogens with zero attached hydrogens (tertiary/aromatic N) is 5. The van der Waals surface area contributed by atoms with Crippen LogP contribution < -0.4 is 0 Å². The number of pyridine rings is 2. The summed E-state index contributed by atoms with van der Waals surface area (Å²) >= 11 is 0. The highest BCUT2D eigenvalue weighted by Gasteiger charge is 2.12. The van der Waals surface area contributed by atoms with Crippen molar-refractivity contribution in [3.05, 3.63) is 66.4 Å². The van der Waals surface area contributed by atoms with E-state index >= 15 is 0 Å². The van der Waals surface area contributed by atoms with Crippen molar-refractivity contribution in [2.45, 2.75) is 19.4 Å². The van der Waals surface area contributed by atoms with Crippen LogP contribution in [0.1, 0.15) is 17.8 Å². The van der Waals surface area contributed by atoms with Gasteiger partial charge in [-0.2, -0.15) is 0 Å². The number of carbonyl (C=O) groups is 1. The van der Waals surface area contributed by atoms with E-state index in [0.29, 0.717) is 6.42 Å². The summed E-state index contributed by atoms with van der Waals surface area (Å²) in [5.74, 6) is 0.0979. The van der Waals surface area contributed by atoms with Gasteiger partial charge in [0.1, 0.15) is 5.65 Å². The van der Waals surface area contributed by atoms with Crippen LogP contribution in [0.25, 0.3) is 5.65 Å². The summed E-state index contributed by atoms with van der Waals surface area (Å²) in [6.45, 7) is 2.47. The number of likely N-dealkylation sites (N-methyl/N-ethyl adjacent to an activating group) is 1. The first-order valence-electron chi connectivity index (χ1n) is 8.87. The third-order valence-electron chi connectivity index (χ3n) is 4.36. The van der Waals surface area contributed by atoms with Gasteiger partial charge in [0.25, 0.3) is 0 Å². The van der Waals surface area contributed by atoms with Crippen LogP contribution in [-0.2, 0) is 17.8 Å². The Kier molecular flexibility index (Phi) is 5.96. The second kappa shape index (κ2) is 8.58. The van der Waals surface area contributed by atoms with Crippen LogP contribution in [0.3, 0.4) is 0 Å². The molecule has 3 heterocycles. The normalized spacial score (nSPS) is 11.2. The number of amides is 1. The number of hydrogen-bond acceptors (Lipinski definition) is 4. The number of fused-ring (bicyclic) bond motifs is 1. The summed E-state index contributed by atoms with van der Waals surface area (Å²) in [6.07, 6.45) is 6.94. The lowest BCUT2D eigenvalue weighted by molar-refractivity contribution is -0.129. The molecule has 0 N–H and O–H groups in total. The average Bonchev–Trinajstić information content (AvgIpc) is 3.04. The van der Waals surface area contributed by atoms with Gasteiger partial charge in [0.2, 0.25) is 5.91 Å². The van der Waals surface area contributed by atoms with Crippen LogP contribution in [0.4, 0.5) is 0 Å². The van der Waals surface area contributed by atoms with Crippen molar-refractivity contribution in [2.24, 2.45) is 0 Å². The van der Waals surface area contributed by atoms with Crippen molar-refractivity contribution >= 4 is 11.6 Å². The van der Waals surface area contributed by atoms with E-state index in [1.165, 1.54) is 0 Å². The zero-order valence-corrected chi connectivity index (χ0v) is 15.4. The van der Waals surface area contributed by atoms with E-state index in [2.05, 4.69) is 21.9 Å². The summed E-state index contributed by atoms with van der Waals surface area (Å²) < 4.78 is 1.94. The molecule has 6 nitrogen and oxygen atoms in total. The molecule has 3 aromatic rings. The number of rotatable bonds is 8. The molecule has 0 saturated heterocycles. The summed E-state index contributed by atoms with van der Waals surface area (Å²) in [5.41, 5.74) is 2.74. The topological polar surface area (TPSA) is 53.7 Å². The fourth-order valence-corrected chi connectivity index (χ4v) is 2.91. The highest BCUT2D eigenvalue weighted by atomic mass is 16.2. The fourth-order valence-electron chi connectivity index (χ4n) is 2.91. The molecule has 0 radical (unpaired) electrons. The quantitative estimate of drug-likeness (QED) is 0.625. The molecule has 0 atom stereocenters. The first-order valence-corrected chi connectivity index (χ1v) is 8.87. The van der Waals surface area contributed by atoms with Crippen LogP contribution in [0.2, 0.25) is 0 Å². The Morgan fingerprint density at radius 2 is 1.92 bits per heavy atom. The summed E-state index contributed by atoms with van der Waals surface area (Å²) in [7, 11) is 3.93. The summed E-state index contributed by atoms with van der Waals surface area (Å²) in [4.78, 5) is 25.3. The lowest BCUT2D eigenvalue weighted by atomic mass is 10.2. The van der Waals surface area contributed by atoms with Gasteiger partial charge in [0.15, 0.2) is 0 Å². The molecule has 0 fully saturated rings. The first-order chi connectivity index (χ1) is 12.6. The van der Waals surface area contributed by atoms with E-state index in [-0.39, 0.29) is 5.91 Å². The molecular weight excluding hydrogens is 326 g/mol. The smallest absolute Gasteiger partial charge is 0.228 e. The molecule has 136 valence electrons. The van der Waals surface area contributed by atoms with Gasteiger partial charge in [-0.3, -0.25) is 9.78 Å². The molecule has 3 aromatic heterocycles. The number of aromatic nitrogens is 3. The Morgan fingerprint density at radius 3 is 2.69 bits per heavy atom. The van der Waals surface area contributed by atoms with Gasteiger partial charge in [0.05, 0.1) is 17.8 Å². The Balaban J connectivity index is 1.42. The minimum Gasteiger partial charge on any atom is -0.345 e. The second-order valence-corrected chi connectivity index (χ2v) is 6.60. The first kappa shape index (κ1) is 18.1. The molecule has 1 amide bonds. The Bertz CT molecular complexity index is 813.